The Morgan fingerprint density at radius 1 is 1.13 bits per heavy atom. The van der Waals surface area contributed by atoms with Crippen molar-refractivity contribution in [2.45, 2.75) is 33.4 Å². The molecule has 0 aliphatic rings. The third kappa shape index (κ3) is 7.43. The Kier molecular flexibility index (Phi) is 10.0. The molecule has 3 rings (SSSR count). The molecule has 9 heteroatoms. The topological polar surface area (TPSA) is 113 Å². The van der Waals surface area contributed by atoms with Crippen LogP contribution in [0.15, 0.2) is 70.2 Å². The fourth-order valence-electron chi connectivity index (χ4n) is 3.56. The van der Waals surface area contributed by atoms with E-state index < -0.39 is 11.9 Å². The van der Waals surface area contributed by atoms with Gasteiger partial charge in [0.15, 0.2) is 11.5 Å². The molecule has 0 aliphatic carbocycles. The minimum absolute atomic E-state index is 0.156. The van der Waals surface area contributed by atoms with Gasteiger partial charge in [-0.2, -0.15) is 10.4 Å². The molecule has 3 aromatic rings. The molecule has 1 unspecified atom stereocenters. The van der Waals surface area contributed by atoms with Gasteiger partial charge in [0, 0.05) is 11.1 Å². The molecule has 0 fully saturated rings. The van der Waals surface area contributed by atoms with E-state index in [1.54, 1.807) is 36.4 Å². The molecule has 0 aliphatic heterocycles. The molecule has 2 N–H and O–H groups in total. The van der Waals surface area contributed by atoms with Crippen LogP contribution >= 0.6 is 15.9 Å². The maximum Gasteiger partial charge on any atom is 0.262 e. The number of benzene rings is 3. The summed E-state index contributed by atoms with van der Waals surface area (Å²) in [5.74, 6) is 0.00638. The van der Waals surface area contributed by atoms with Crippen molar-refractivity contribution in [3.05, 3.63) is 93.0 Å². The fraction of sp³-hybridized carbons (Fsp3) is 0.241. The Morgan fingerprint density at radius 3 is 2.50 bits per heavy atom. The Balaban J connectivity index is 1.67. The summed E-state index contributed by atoms with van der Waals surface area (Å²) < 4.78 is 12.0. The van der Waals surface area contributed by atoms with Crippen LogP contribution in [0.1, 0.15) is 46.5 Å². The standard InChI is InChI=1S/C29H29BrN4O4/c1-18(2)26(33-28(35)21-11-9-19(3)10-12-21)29(36)34-32-16-20-13-24(30)27(25(14-20)37-4)38-17-23-8-6-5-7-22(23)15-31/h5-14,16,18,26H,17H2,1-4H3,(H,33,35)(H,34,36). The number of ether oxygens (including phenoxy) is 2. The molecule has 0 radical (unpaired) electrons. The summed E-state index contributed by atoms with van der Waals surface area (Å²) in [6, 6.07) is 19.2. The summed E-state index contributed by atoms with van der Waals surface area (Å²) in [5, 5.41) is 16.1. The average Bonchev–Trinajstić information content (AvgIpc) is 2.90. The zero-order valence-electron chi connectivity index (χ0n) is 21.6. The van der Waals surface area contributed by atoms with Crippen molar-refractivity contribution < 1.29 is 19.1 Å². The van der Waals surface area contributed by atoms with Crippen molar-refractivity contribution in [3.8, 4) is 17.6 Å². The highest BCUT2D eigenvalue weighted by molar-refractivity contribution is 9.10. The fourth-order valence-corrected chi connectivity index (χ4v) is 4.14. The molecule has 0 saturated heterocycles. The number of halogens is 1. The monoisotopic (exact) mass is 576 g/mol. The molecule has 3 aromatic carbocycles. The van der Waals surface area contributed by atoms with E-state index in [4.69, 9.17) is 9.47 Å². The summed E-state index contributed by atoms with van der Waals surface area (Å²) in [5.41, 5.74) is 5.97. The van der Waals surface area contributed by atoms with Crippen LogP contribution in [0.5, 0.6) is 11.5 Å². The van der Waals surface area contributed by atoms with Gasteiger partial charge in [0.2, 0.25) is 0 Å². The maximum absolute atomic E-state index is 12.8. The van der Waals surface area contributed by atoms with Gasteiger partial charge in [0.05, 0.1) is 29.4 Å². The summed E-state index contributed by atoms with van der Waals surface area (Å²) in [7, 11) is 1.52. The largest absolute Gasteiger partial charge is 0.493 e. The quantitative estimate of drug-likeness (QED) is 0.257. The SMILES string of the molecule is COc1cc(C=NNC(=O)C(NC(=O)c2ccc(C)cc2)C(C)C)cc(Br)c1OCc1ccccc1C#N. The number of aryl methyl sites for hydroxylation is 1. The lowest BCUT2D eigenvalue weighted by Gasteiger charge is -2.20. The van der Waals surface area contributed by atoms with E-state index >= 15 is 0 Å². The molecular weight excluding hydrogens is 548 g/mol. The van der Waals surface area contributed by atoms with Crippen LogP contribution < -0.4 is 20.2 Å². The van der Waals surface area contributed by atoms with Crippen molar-refractivity contribution in [2.24, 2.45) is 11.0 Å². The molecule has 0 aromatic heterocycles. The second-order valence-electron chi connectivity index (χ2n) is 8.89. The molecular formula is C29H29BrN4O4. The Morgan fingerprint density at radius 2 is 1.84 bits per heavy atom. The first-order valence-electron chi connectivity index (χ1n) is 11.9. The van der Waals surface area contributed by atoms with Crippen molar-refractivity contribution >= 4 is 34.0 Å². The Bertz CT molecular complexity index is 1360. The van der Waals surface area contributed by atoms with Gasteiger partial charge in [0.25, 0.3) is 11.8 Å². The number of rotatable bonds is 10. The van der Waals surface area contributed by atoms with Gasteiger partial charge in [-0.15, -0.1) is 0 Å². The van der Waals surface area contributed by atoms with Gasteiger partial charge in [0.1, 0.15) is 12.6 Å². The van der Waals surface area contributed by atoms with Gasteiger partial charge < -0.3 is 14.8 Å². The van der Waals surface area contributed by atoms with Crippen molar-refractivity contribution in [3.63, 3.8) is 0 Å². The highest BCUT2D eigenvalue weighted by Crippen LogP contribution is 2.37. The molecule has 0 saturated carbocycles. The van der Waals surface area contributed by atoms with E-state index in [9.17, 15) is 14.9 Å². The summed E-state index contributed by atoms with van der Waals surface area (Å²) in [4.78, 5) is 25.4. The maximum atomic E-state index is 12.8. The first kappa shape index (κ1) is 28.4. The third-order valence-electron chi connectivity index (χ3n) is 5.70. The first-order chi connectivity index (χ1) is 18.2. The molecule has 38 heavy (non-hydrogen) atoms. The molecule has 0 spiro atoms. The van der Waals surface area contributed by atoms with Crippen LogP contribution in [0.2, 0.25) is 0 Å². The van der Waals surface area contributed by atoms with Crippen LogP contribution in [0.3, 0.4) is 0 Å². The second-order valence-corrected chi connectivity index (χ2v) is 9.74. The van der Waals surface area contributed by atoms with Gasteiger partial charge >= 0.3 is 0 Å². The summed E-state index contributed by atoms with van der Waals surface area (Å²) >= 11 is 3.50. The highest BCUT2D eigenvalue weighted by Gasteiger charge is 2.24. The highest BCUT2D eigenvalue weighted by atomic mass is 79.9. The van der Waals surface area contributed by atoms with Crippen LogP contribution in [-0.2, 0) is 11.4 Å². The number of nitrogens with zero attached hydrogens (tertiary/aromatic N) is 2. The average molecular weight is 577 g/mol. The van der Waals surface area contributed by atoms with E-state index in [1.165, 1.54) is 13.3 Å². The van der Waals surface area contributed by atoms with Crippen molar-refractivity contribution in [1.29, 1.82) is 5.26 Å². The summed E-state index contributed by atoms with van der Waals surface area (Å²) in [6.07, 6.45) is 1.47. The molecule has 2 amide bonds. The van der Waals surface area contributed by atoms with E-state index in [-0.39, 0.29) is 18.4 Å². The van der Waals surface area contributed by atoms with Crippen LogP contribution in [-0.4, -0.2) is 31.2 Å². The number of carbonyl (C=O) groups is 2. The van der Waals surface area contributed by atoms with E-state index in [0.717, 1.165) is 11.1 Å². The Hall–Kier alpha value is -4.16. The summed E-state index contributed by atoms with van der Waals surface area (Å²) in [6.45, 7) is 5.82. The lowest BCUT2D eigenvalue weighted by atomic mass is 10.0. The zero-order chi connectivity index (χ0) is 27.7. The van der Waals surface area contributed by atoms with E-state index in [1.807, 2.05) is 45.0 Å². The molecule has 196 valence electrons. The molecule has 1 atom stereocenters. The number of hydrazone groups is 1. The van der Waals surface area contributed by atoms with Crippen LogP contribution in [0, 0.1) is 24.2 Å². The van der Waals surface area contributed by atoms with Crippen LogP contribution in [0.4, 0.5) is 0 Å². The normalized spacial score (nSPS) is 11.6. The molecule has 0 heterocycles. The van der Waals surface area contributed by atoms with Crippen molar-refractivity contribution in [1.82, 2.24) is 10.7 Å². The second kappa shape index (κ2) is 13.4. The zero-order valence-corrected chi connectivity index (χ0v) is 23.2. The van der Waals surface area contributed by atoms with Crippen molar-refractivity contribution in [2.75, 3.05) is 7.11 Å². The minimum Gasteiger partial charge on any atom is -0.493 e. The van der Waals surface area contributed by atoms with Gasteiger partial charge in [-0.1, -0.05) is 49.7 Å². The number of hydrogen-bond acceptors (Lipinski definition) is 6. The minimum atomic E-state index is -0.769. The third-order valence-corrected chi connectivity index (χ3v) is 6.29. The van der Waals surface area contributed by atoms with Gasteiger partial charge in [-0.05, 0) is 64.7 Å². The lowest BCUT2D eigenvalue weighted by molar-refractivity contribution is -0.123. The first-order valence-corrected chi connectivity index (χ1v) is 12.7. The number of carbonyl (C=O) groups excluding carboxylic acids is 2. The predicted molar refractivity (Wildman–Crippen MR) is 149 cm³/mol. The van der Waals surface area contributed by atoms with E-state index in [2.05, 4.69) is 37.8 Å². The van der Waals surface area contributed by atoms with Gasteiger partial charge in [-0.3, -0.25) is 9.59 Å². The predicted octanol–water partition coefficient (Wildman–Crippen LogP) is 5.12. The smallest absolute Gasteiger partial charge is 0.262 e. The number of hydrogen-bond donors (Lipinski definition) is 2. The molecule has 0 bridgehead atoms. The van der Waals surface area contributed by atoms with Gasteiger partial charge in [-0.25, -0.2) is 5.43 Å². The number of nitrogens with one attached hydrogen (secondary N) is 2. The number of nitriles is 1. The number of amides is 2. The number of methoxy groups -OCH3 is 1. The molecule has 8 nitrogen and oxygen atoms in total. The lowest BCUT2D eigenvalue weighted by Crippen LogP contribution is -2.48. The van der Waals surface area contributed by atoms with Crippen LogP contribution in [0.25, 0.3) is 0 Å². The van der Waals surface area contributed by atoms with E-state index in [0.29, 0.717) is 32.7 Å². The Labute approximate surface area is 230 Å².